The van der Waals surface area contributed by atoms with Crippen LogP contribution in [0.3, 0.4) is 0 Å². The molecule has 2 N–H and O–H groups in total. The highest BCUT2D eigenvalue weighted by atomic mass is 19.1. The molecule has 0 unspecified atom stereocenters. The summed E-state index contributed by atoms with van der Waals surface area (Å²) in [5, 5.41) is 5.44. The average Bonchev–Trinajstić information content (AvgIpc) is 2.55. The molecule has 1 heterocycles. The third-order valence-corrected chi connectivity index (χ3v) is 3.70. The number of amides is 2. The number of hydrogen-bond acceptors (Lipinski definition) is 3. The van der Waals surface area contributed by atoms with Gasteiger partial charge in [0.2, 0.25) is 5.91 Å². The molecule has 1 aliphatic rings. The highest BCUT2D eigenvalue weighted by molar-refractivity contribution is 5.99. The van der Waals surface area contributed by atoms with Crippen LogP contribution >= 0.6 is 0 Å². The first-order valence-electron chi connectivity index (χ1n) is 7.69. The molecule has 0 aromatic heterocycles. The number of hydrogen-bond donors (Lipinski definition) is 2. The first kappa shape index (κ1) is 16.0. The molecule has 0 spiro atoms. The Bertz CT molecular complexity index is 763. The summed E-state index contributed by atoms with van der Waals surface area (Å²) in [4.78, 5) is 23.9. The number of carbonyl (C=O) groups is 2. The van der Waals surface area contributed by atoms with Crippen molar-refractivity contribution in [2.45, 2.75) is 18.9 Å². The van der Waals surface area contributed by atoms with Gasteiger partial charge in [0.25, 0.3) is 5.91 Å². The summed E-state index contributed by atoms with van der Waals surface area (Å²) in [6.45, 7) is 0.368. The number of nitrogens with one attached hydrogen (secondary N) is 2. The van der Waals surface area contributed by atoms with Crippen LogP contribution in [0, 0.1) is 5.82 Å². The molecule has 2 aromatic rings. The third kappa shape index (κ3) is 3.90. The SMILES string of the molecule is O=C(C[C@H]1Oc2ccccc2NC1=O)NCCc1cccc(F)c1. The van der Waals surface area contributed by atoms with Crippen LogP contribution in [-0.2, 0) is 16.0 Å². The smallest absolute Gasteiger partial charge is 0.266 e. The van der Waals surface area contributed by atoms with E-state index in [1.54, 1.807) is 36.4 Å². The van der Waals surface area contributed by atoms with Crippen molar-refractivity contribution in [3.8, 4) is 5.75 Å². The summed E-state index contributed by atoms with van der Waals surface area (Å²) in [7, 11) is 0. The second-order valence-corrected chi connectivity index (χ2v) is 5.53. The molecular formula is C18H17FN2O3. The zero-order valence-corrected chi connectivity index (χ0v) is 12.9. The number of para-hydroxylation sites is 2. The van der Waals surface area contributed by atoms with Crippen molar-refractivity contribution in [1.29, 1.82) is 0 Å². The zero-order valence-electron chi connectivity index (χ0n) is 12.9. The molecular weight excluding hydrogens is 311 g/mol. The van der Waals surface area contributed by atoms with Crippen LogP contribution in [-0.4, -0.2) is 24.5 Å². The van der Waals surface area contributed by atoms with Crippen molar-refractivity contribution >= 4 is 17.5 Å². The monoisotopic (exact) mass is 328 g/mol. The molecule has 0 bridgehead atoms. The maximum atomic E-state index is 13.1. The lowest BCUT2D eigenvalue weighted by Crippen LogP contribution is -2.41. The predicted molar refractivity (Wildman–Crippen MR) is 87.2 cm³/mol. The highest BCUT2D eigenvalue weighted by Gasteiger charge is 2.29. The summed E-state index contributed by atoms with van der Waals surface area (Å²) >= 11 is 0. The van der Waals surface area contributed by atoms with Gasteiger partial charge in [-0.3, -0.25) is 9.59 Å². The van der Waals surface area contributed by atoms with Crippen molar-refractivity contribution < 1.29 is 18.7 Å². The Labute approximate surface area is 138 Å². The topological polar surface area (TPSA) is 67.4 Å². The number of carbonyl (C=O) groups excluding carboxylic acids is 2. The van der Waals surface area contributed by atoms with Crippen LogP contribution in [0.1, 0.15) is 12.0 Å². The second kappa shape index (κ2) is 7.12. The Morgan fingerprint density at radius 1 is 1.21 bits per heavy atom. The highest BCUT2D eigenvalue weighted by Crippen LogP contribution is 2.29. The van der Waals surface area contributed by atoms with Gasteiger partial charge >= 0.3 is 0 Å². The first-order valence-corrected chi connectivity index (χ1v) is 7.69. The lowest BCUT2D eigenvalue weighted by atomic mass is 10.1. The number of ether oxygens (including phenoxy) is 1. The molecule has 1 atom stereocenters. The van der Waals surface area contributed by atoms with E-state index in [1.807, 2.05) is 0 Å². The minimum Gasteiger partial charge on any atom is -0.478 e. The van der Waals surface area contributed by atoms with E-state index in [2.05, 4.69) is 10.6 Å². The summed E-state index contributed by atoms with van der Waals surface area (Å²) < 4.78 is 18.7. The fourth-order valence-corrected chi connectivity index (χ4v) is 2.51. The van der Waals surface area contributed by atoms with E-state index in [9.17, 15) is 14.0 Å². The van der Waals surface area contributed by atoms with Crippen LogP contribution in [0.2, 0.25) is 0 Å². The van der Waals surface area contributed by atoms with E-state index in [1.165, 1.54) is 12.1 Å². The molecule has 2 amide bonds. The molecule has 5 nitrogen and oxygen atoms in total. The number of benzene rings is 2. The second-order valence-electron chi connectivity index (χ2n) is 5.53. The number of halogens is 1. The Morgan fingerprint density at radius 2 is 2.04 bits per heavy atom. The minimum atomic E-state index is -0.853. The van der Waals surface area contributed by atoms with E-state index < -0.39 is 6.10 Å². The van der Waals surface area contributed by atoms with E-state index >= 15 is 0 Å². The molecule has 24 heavy (non-hydrogen) atoms. The third-order valence-electron chi connectivity index (χ3n) is 3.70. The van der Waals surface area contributed by atoms with Crippen molar-refractivity contribution in [2.24, 2.45) is 0 Å². The summed E-state index contributed by atoms with van der Waals surface area (Å²) in [6.07, 6.45) is -0.401. The molecule has 6 heteroatoms. The van der Waals surface area contributed by atoms with Crippen molar-refractivity contribution in [3.63, 3.8) is 0 Å². The molecule has 0 aliphatic carbocycles. The van der Waals surface area contributed by atoms with Gasteiger partial charge in [-0.25, -0.2) is 4.39 Å². The molecule has 1 aliphatic heterocycles. The molecule has 0 saturated heterocycles. The standard InChI is InChI=1S/C18H17FN2O3/c19-13-5-3-4-12(10-13)8-9-20-17(22)11-16-18(23)21-14-6-1-2-7-15(14)24-16/h1-7,10,16H,8-9,11H2,(H,20,22)(H,21,23)/t16-/m1/s1. The first-order chi connectivity index (χ1) is 11.6. The summed E-state index contributed by atoms with van der Waals surface area (Å²) in [5.41, 5.74) is 1.40. The Hall–Kier alpha value is -2.89. The van der Waals surface area contributed by atoms with Crippen molar-refractivity contribution in [2.75, 3.05) is 11.9 Å². The molecule has 0 saturated carbocycles. The Balaban J connectivity index is 1.49. The maximum Gasteiger partial charge on any atom is 0.266 e. The molecule has 3 rings (SSSR count). The van der Waals surface area contributed by atoms with Crippen LogP contribution in [0.25, 0.3) is 0 Å². The lowest BCUT2D eigenvalue weighted by Gasteiger charge is -2.25. The van der Waals surface area contributed by atoms with E-state index in [0.717, 1.165) is 5.56 Å². The Morgan fingerprint density at radius 3 is 2.88 bits per heavy atom. The maximum absolute atomic E-state index is 13.1. The molecule has 0 fully saturated rings. The molecule has 0 radical (unpaired) electrons. The van der Waals surface area contributed by atoms with Gasteiger partial charge in [-0.15, -0.1) is 0 Å². The Kier molecular flexibility index (Phi) is 4.74. The molecule has 124 valence electrons. The van der Waals surface area contributed by atoms with E-state index in [0.29, 0.717) is 24.4 Å². The van der Waals surface area contributed by atoms with Crippen LogP contribution in [0.4, 0.5) is 10.1 Å². The van der Waals surface area contributed by atoms with Gasteiger partial charge in [-0.05, 0) is 36.2 Å². The number of anilines is 1. The van der Waals surface area contributed by atoms with Gasteiger partial charge in [-0.2, -0.15) is 0 Å². The van der Waals surface area contributed by atoms with Crippen molar-refractivity contribution in [3.05, 3.63) is 59.9 Å². The summed E-state index contributed by atoms with van der Waals surface area (Å²) in [6, 6.07) is 13.3. The normalized spacial score (nSPS) is 15.9. The predicted octanol–water partition coefficient (Wildman–Crippen LogP) is 2.27. The average molecular weight is 328 g/mol. The van der Waals surface area contributed by atoms with Gasteiger partial charge in [-0.1, -0.05) is 24.3 Å². The lowest BCUT2D eigenvalue weighted by molar-refractivity contribution is -0.130. The van der Waals surface area contributed by atoms with Gasteiger partial charge in [0.15, 0.2) is 6.10 Å². The largest absolute Gasteiger partial charge is 0.478 e. The summed E-state index contributed by atoms with van der Waals surface area (Å²) in [5.74, 6) is -0.376. The van der Waals surface area contributed by atoms with Gasteiger partial charge < -0.3 is 15.4 Å². The van der Waals surface area contributed by atoms with Crippen LogP contribution in [0.5, 0.6) is 5.75 Å². The van der Waals surface area contributed by atoms with E-state index in [4.69, 9.17) is 4.74 Å². The van der Waals surface area contributed by atoms with Crippen LogP contribution in [0.15, 0.2) is 48.5 Å². The zero-order chi connectivity index (χ0) is 16.9. The van der Waals surface area contributed by atoms with Gasteiger partial charge in [0, 0.05) is 6.54 Å². The van der Waals surface area contributed by atoms with E-state index in [-0.39, 0.29) is 24.1 Å². The van der Waals surface area contributed by atoms with Crippen LogP contribution < -0.4 is 15.4 Å². The molecule has 2 aromatic carbocycles. The van der Waals surface area contributed by atoms with Gasteiger partial charge in [0.1, 0.15) is 11.6 Å². The fraction of sp³-hybridized carbons (Fsp3) is 0.222. The fourth-order valence-electron chi connectivity index (χ4n) is 2.51. The quantitative estimate of drug-likeness (QED) is 0.885. The number of rotatable bonds is 5. The van der Waals surface area contributed by atoms with Crippen molar-refractivity contribution in [1.82, 2.24) is 5.32 Å². The number of fused-ring (bicyclic) bond motifs is 1. The van der Waals surface area contributed by atoms with Gasteiger partial charge in [0.05, 0.1) is 12.1 Å². The minimum absolute atomic E-state index is 0.0662.